The highest BCUT2D eigenvalue weighted by Gasteiger charge is 2.40. The molecule has 1 amide bonds. The first-order valence-corrected chi connectivity index (χ1v) is 5.58. The van der Waals surface area contributed by atoms with Crippen molar-refractivity contribution >= 4 is 23.9 Å². The summed E-state index contributed by atoms with van der Waals surface area (Å²) in [5.74, 6) is 0.763. The largest absolute Gasteiger partial charge is 0.288 e. The number of hydrogen-bond donors (Lipinski definition) is 2. The Labute approximate surface area is 98.6 Å². The minimum Gasteiger partial charge on any atom is -0.288 e. The highest BCUT2D eigenvalue weighted by molar-refractivity contribution is 5.91. The number of hydrogen-bond acceptors (Lipinski definition) is 3. The molecule has 1 aromatic rings. The molecule has 86 valence electrons. The lowest BCUT2D eigenvalue weighted by Crippen LogP contribution is -2.14. The zero-order chi connectivity index (χ0) is 11.8. The number of nitrogens with one attached hydrogen (secondary N) is 1. The summed E-state index contributed by atoms with van der Waals surface area (Å²) in [7, 11) is 0. The predicted molar refractivity (Wildman–Crippen MR) is 64.4 cm³/mol. The lowest BCUT2D eigenvalue weighted by Gasteiger charge is -2.09. The number of amides is 1. The van der Waals surface area contributed by atoms with Crippen molar-refractivity contribution in [3.8, 4) is 0 Å². The molecule has 1 fully saturated rings. The fourth-order valence-corrected chi connectivity index (χ4v) is 2.21. The van der Waals surface area contributed by atoms with E-state index in [2.05, 4.69) is 11.1 Å². The number of carbonyl (C=O) groups is 1. The van der Waals surface area contributed by atoms with Gasteiger partial charge >= 0.3 is 0 Å². The van der Waals surface area contributed by atoms with Crippen LogP contribution >= 0.6 is 0 Å². The molecular weight excluding hydrogens is 216 g/mol. The molecule has 17 heavy (non-hydrogen) atoms. The summed E-state index contributed by atoms with van der Waals surface area (Å²) in [6.07, 6.45) is 6.16. The van der Waals surface area contributed by atoms with Crippen molar-refractivity contribution in [2.75, 3.05) is 0 Å². The third-order valence-electron chi connectivity index (χ3n) is 3.24. The Morgan fingerprint density at radius 3 is 3.24 bits per heavy atom. The Hall–Kier alpha value is -1.94. The molecule has 1 heterocycles. The molecule has 0 aromatic heterocycles. The lowest BCUT2D eigenvalue weighted by atomic mass is 10.0. The number of fused-ring (bicyclic) bond motifs is 3. The van der Waals surface area contributed by atoms with Gasteiger partial charge in [-0.25, -0.2) is 5.48 Å². The van der Waals surface area contributed by atoms with Crippen LogP contribution in [0.1, 0.15) is 23.5 Å². The second kappa shape index (κ2) is 3.82. The molecule has 0 radical (unpaired) electrons. The van der Waals surface area contributed by atoms with Crippen LogP contribution in [0.25, 0.3) is 6.08 Å². The summed E-state index contributed by atoms with van der Waals surface area (Å²) < 4.78 is 0. The average molecular weight is 228 g/mol. The highest BCUT2D eigenvalue weighted by atomic mass is 16.5. The number of aliphatic imine (C=N–C) groups is 1. The molecule has 1 saturated carbocycles. The molecule has 4 nitrogen and oxygen atoms in total. The number of carbonyl (C=O) groups excluding carboxylic acids is 1. The Balaban J connectivity index is 1.87. The molecule has 2 unspecified atom stereocenters. The van der Waals surface area contributed by atoms with E-state index < -0.39 is 5.91 Å². The van der Waals surface area contributed by atoms with Gasteiger partial charge in [-0.3, -0.25) is 15.0 Å². The third-order valence-corrected chi connectivity index (χ3v) is 3.24. The molecule has 4 heteroatoms. The zero-order valence-electron chi connectivity index (χ0n) is 9.13. The first-order valence-electron chi connectivity index (χ1n) is 5.58. The smallest absolute Gasteiger partial charge is 0.267 e. The maximum absolute atomic E-state index is 10.9. The van der Waals surface area contributed by atoms with Crippen molar-refractivity contribution < 1.29 is 10.0 Å². The predicted octanol–water partition coefficient (Wildman–Crippen LogP) is 2.02. The van der Waals surface area contributed by atoms with Gasteiger partial charge in [0.05, 0.1) is 5.69 Å². The van der Waals surface area contributed by atoms with Gasteiger partial charge in [-0.05, 0) is 35.6 Å². The van der Waals surface area contributed by atoms with Crippen LogP contribution in [0, 0.1) is 5.92 Å². The van der Waals surface area contributed by atoms with Crippen LogP contribution in [-0.2, 0) is 4.79 Å². The van der Waals surface area contributed by atoms with E-state index in [9.17, 15) is 4.79 Å². The number of rotatable bonds is 2. The molecule has 1 aliphatic heterocycles. The van der Waals surface area contributed by atoms with Gasteiger partial charge in [0.15, 0.2) is 0 Å². The lowest BCUT2D eigenvalue weighted by molar-refractivity contribution is -0.124. The van der Waals surface area contributed by atoms with Crippen LogP contribution in [0.4, 0.5) is 5.69 Å². The Morgan fingerprint density at radius 2 is 2.41 bits per heavy atom. The summed E-state index contributed by atoms with van der Waals surface area (Å²) >= 11 is 0. The topological polar surface area (TPSA) is 61.7 Å². The Kier molecular flexibility index (Phi) is 2.30. The second-order valence-corrected chi connectivity index (χ2v) is 4.41. The van der Waals surface area contributed by atoms with Gasteiger partial charge in [0.25, 0.3) is 5.91 Å². The molecule has 0 saturated heterocycles. The first-order chi connectivity index (χ1) is 8.28. The number of nitrogens with zero attached hydrogens (tertiary/aromatic N) is 1. The molecule has 3 rings (SSSR count). The summed E-state index contributed by atoms with van der Waals surface area (Å²) in [5.41, 5.74) is 4.76. The van der Waals surface area contributed by atoms with Crippen molar-refractivity contribution in [3.05, 3.63) is 35.4 Å². The van der Waals surface area contributed by atoms with Gasteiger partial charge in [0.2, 0.25) is 0 Å². The van der Waals surface area contributed by atoms with Gasteiger partial charge < -0.3 is 0 Å². The quantitative estimate of drug-likeness (QED) is 0.462. The third kappa shape index (κ3) is 1.87. The fourth-order valence-electron chi connectivity index (χ4n) is 2.21. The number of hydroxylamine groups is 1. The van der Waals surface area contributed by atoms with E-state index in [1.54, 1.807) is 11.6 Å². The van der Waals surface area contributed by atoms with Crippen molar-refractivity contribution in [1.29, 1.82) is 0 Å². The van der Waals surface area contributed by atoms with Gasteiger partial charge in [-0.15, -0.1) is 0 Å². The maximum atomic E-state index is 10.9. The summed E-state index contributed by atoms with van der Waals surface area (Å²) in [5, 5.41) is 8.37. The van der Waals surface area contributed by atoms with E-state index in [-0.39, 0.29) is 0 Å². The Morgan fingerprint density at radius 1 is 1.53 bits per heavy atom. The van der Waals surface area contributed by atoms with Crippen molar-refractivity contribution in [3.63, 3.8) is 0 Å². The highest BCUT2D eigenvalue weighted by Crippen LogP contribution is 2.52. The molecule has 1 aliphatic carbocycles. The van der Waals surface area contributed by atoms with Crippen LogP contribution in [-0.4, -0.2) is 17.3 Å². The van der Waals surface area contributed by atoms with Crippen LogP contribution in [0.15, 0.2) is 29.3 Å². The minimum absolute atomic E-state index is 0.534. The first kappa shape index (κ1) is 10.2. The zero-order valence-corrected chi connectivity index (χ0v) is 9.13. The van der Waals surface area contributed by atoms with E-state index >= 15 is 0 Å². The molecule has 2 atom stereocenters. The monoisotopic (exact) mass is 228 g/mol. The normalized spacial score (nSPS) is 24.3. The SMILES string of the molecule is O=C(/C=C/c1ccc2c(c1)N=CC1CC21)NO. The number of benzene rings is 1. The van der Waals surface area contributed by atoms with Crippen LogP contribution in [0.5, 0.6) is 0 Å². The summed E-state index contributed by atoms with van der Waals surface area (Å²) in [6, 6.07) is 6.00. The van der Waals surface area contributed by atoms with Gasteiger partial charge in [0, 0.05) is 18.2 Å². The molecule has 1 aromatic carbocycles. The van der Waals surface area contributed by atoms with Gasteiger partial charge in [-0.2, -0.15) is 0 Å². The summed E-state index contributed by atoms with van der Waals surface area (Å²) in [6.45, 7) is 0. The van der Waals surface area contributed by atoms with E-state index in [1.165, 1.54) is 18.1 Å². The summed E-state index contributed by atoms with van der Waals surface area (Å²) in [4.78, 5) is 15.3. The van der Waals surface area contributed by atoms with E-state index in [0.29, 0.717) is 11.8 Å². The van der Waals surface area contributed by atoms with E-state index in [1.807, 2.05) is 18.3 Å². The Bertz CT molecular complexity index is 534. The van der Waals surface area contributed by atoms with Crippen molar-refractivity contribution in [2.45, 2.75) is 12.3 Å². The molecule has 0 spiro atoms. The van der Waals surface area contributed by atoms with Crippen molar-refractivity contribution in [1.82, 2.24) is 5.48 Å². The van der Waals surface area contributed by atoms with Crippen LogP contribution in [0.2, 0.25) is 0 Å². The van der Waals surface area contributed by atoms with Crippen molar-refractivity contribution in [2.24, 2.45) is 10.9 Å². The average Bonchev–Trinajstić information content (AvgIpc) is 3.15. The van der Waals surface area contributed by atoms with E-state index in [0.717, 1.165) is 11.3 Å². The van der Waals surface area contributed by atoms with Gasteiger partial charge in [-0.1, -0.05) is 12.1 Å². The molecule has 2 N–H and O–H groups in total. The molecular formula is C13H12N2O2. The second-order valence-electron chi connectivity index (χ2n) is 4.41. The van der Waals surface area contributed by atoms with Crippen LogP contribution < -0.4 is 5.48 Å². The minimum atomic E-state index is -0.534. The van der Waals surface area contributed by atoms with E-state index in [4.69, 9.17) is 5.21 Å². The molecule has 2 aliphatic rings. The fraction of sp³-hybridized carbons (Fsp3) is 0.231. The molecule has 0 bridgehead atoms. The van der Waals surface area contributed by atoms with Crippen LogP contribution in [0.3, 0.4) is 0 Å². The standard InChI is InChI=1S/C13H12N2O2/c16-13(15-17)4-2-8-1-3-10-11-6-9(11)7-14-12(10)5-8/h1-5,7,9,11,17H,6H2,(H,15,16)/b4-2+. The maximum Gasteiger partial charge on any atom is 0.267 e. The van der Waals surface area contributed by atoms with Gasteiger partial charge in [0.1, 0.15) is 0 Å².